The highest BCUT2D eigenvalue weighted by Gasteiger charge is 2.29. The standard InChI is InChI=1S/C32H38F3N9S2/c1-21-22(3-4-28-26(21)15-24(18-36)44(28)14-11-41-9-12-43(13-10-41)31(45)37-2)19-42-7-5-23(6-8-42)40-29-27-16-25(17-32(33,34)35)46-30(27)39-20-38-29/h3-4,15-16,20,23H,5-14,17,19H2,1-2H3,(H,37,45)(H,38,39,40). The van der Waals surface area contributed by atoms with Gasteiger partial charge in [-0.3, -0.25) is 9.80 Å². The molecular weight excluding hydrogens is 632 g/mol. The Kier molecular flexibility index (Phi) is 9.65. The molecular formula is C32H38F3N9S2. The molecule has 0 aliphatic carbocycles. The number of likely N-dealkylation sites (tertiary alicyclic amines) is 1. The molecule has 2 aliphatic heterocycles. The van der Waals surface area contributed by atoms with Gasteiger partial charge in [0.15, 0.2) is 5.11 Å². The molecule has 2 N–H and O–H groups in total. The van der Waals surface area contributed by atoms with Crippen LogP contribution in [0, 0.1) is 18.3 Å². The third-order valence-corrected chi connectivity index (χ3v) is 10.7. The SMILES string of the molecule is CNC(=S)N1CCN(CCn2c(C#N)cc3c(C)c(CN4CCC(Nc5ncnc6sc(CC(F)(F)F)cc56)CC4)ccc32)CC1. The molecule has 6 rings (SSSR count). The lowest BCUT2D eigenvalue weighted by atomic mass is 10.0. The summed E-state index contributed by atoms with van der Waals surface area (Å²) in [4.78, 5) is 16.4. The minimum absolute atomic E-state index is 0.180. The first-order valence-electron chi connectivity index (χ1n) is 15.6. The van der Waals surface area contributed by atoms with E-state index in [0.29, 0.717) is 21.7 Å². The third-order valence-electron chi connectivity index (χ3n) is 9.17. The van der Waals surface area contributed by atoms with E-state index in [-0.39, 0.29) is 10.9 Å². The molecule has 0 saturated carbocycles. The number of aryl methyl sites for hydroxylation is 1. The molecule has 9 nitrogen and oxygen atoms in total. The summed E-state index contributed by atoms with van der Waals surface area (Å²) < 4.78 is 41.0. The smallest absolute Gasteiger partial charge is 0.367 e. The minimum atomic E-state index is -4.25. The Bertz CT molecular complexity index is 1740. The lowest BCUT2D eigenvalue weighted by Gasteiger charge is -2.36. The van der Waals surface area contributed by atoms with E-state index >= 15 is 0 Å². The number of nitrogens with one attached hydrogen (secondary N) is 2. The lowest BCUT2D eigenvalue weighted by molar-refractivity contribution is -0.126. The Morgan fingerprint density at radius 1 is 1.04 bits per heavy atom. The van der Waals surface area contributed by atoms with Crippen LogP contribution in [-0.4, -0.2) is 99.4 Å². The van der Waals surface area contributed by atoms with Gasteiger partial charge in [-0.1, -0.05) is 6.07 Å². The number of rotatable bonds is 8. The van der Waals surface area contributed by atoms with Crippen LogP contribution in [0.4, 0.5) is 19.0 Å². The first kappa shape index (κ1) is 32.4. The van der Waals surface area contributed by atoms with Gasteiger partial charge in [0.2, 0.25) is 0 Å². The van der Waals surface area contributed by atoms with Crippen molar-refractivity contribution in [1.29, 1.82) is 5.26 Å². The van der Waals surface area contributed by atoms with E-state index in [4.69, 9.17) is 12.2 Å². The molecule has 0 amide bonds. The van der Waals surface area contributed by atoms with E-state index in [2.05, 4.69) is 65.0 Å². The number of anilines is 1. The Balaban J connectivity index is 1.06. The van der Waals surface area contributed by atoms with Gasteiger partial charge in [0.05, 0.1) is 11.8 Å². The molecule has 3 aromatic heterocycles. The van der Waals surface area contributed by atoms with Gasteiger partial charge in [0.1, 0.15) is 28.7 Å². The summed E-state index contributed by atoms with van der Waals surface area (Å²) >= 11 is 6.45. The molecule has 0 radical (unpaired) electrons. The highest BCUT2D eigenvalue weighted by atomic mass is 32.1. The van der Waals surface area contributed by atoms with E-state index < -0.39 is 12.6 Å². The number of piperazine rings is 1. The highest BCUT2D eigenvalue weighted by molar-refractivity contribution is 7.80. The number of hydrogen-bond donors (Lipinski definition) is 2. The van der Waals surface area contributed by atoms with Crippen molar-refractivity contribution < 1.29 is 13.2 Å². The summed E-state index contributed by atoms with van der Waals surface area (Å²) in [7, 11) is 1.86. The van der Waals surface area contributed by atoms with E-state index in [1.54, 1.807) is 6.07 Å². The zero-order valence-corrected chi connectivity index (χ0v) is 27.7. The first-order valence-corrected chi connectivity index (χ1v) is 16.8. The number of benzene rings is 1. The van der Waals surface area contributed by atoms with Crippen LogP contribution in [0.25, 0.3) is 21.1 Å². The largest absolute Gasteiger partial charge is 0.393 e. The summed E-state index contributed by atoms with van der Waals surface area (Å²) in [5.41, 5.74) is 4.24. The number of halogens is 3. The Hall–Kier alpha value is -3.51. The average molecular weight is 670 g/mol. The number of nitriles is 1. The molecule has 2 fully saturated rings. The number of thiocarbonyl (C=S) groups is 1. The van der Waals surface area contributed by atoms with Gasteiger partial charge in [-0.15, -0.1) is 11.3 Å². The number of thiophene rings is 1. The molecule has 46 heavy (non-hydrogen) atoms. The second-order valence-corrected chi connectivity index (χ2v) is 13.6. The van der Waals surface area contributed by atoms with Gasteiger partial charge >= 0.3 is 6.18 Å². The van der Waals surface area contributed by atoms with E-state index in [9.17, 15) is 18.4 Å². The van der Waals surface area contributed by atoms with Crippen molar-refractivity contribution in [3.63, 3.8) is 0 Å². The minimum Gasteiger partial charge on any atom is -0.367 e. The van der Waals surface area contributed by atoms with Crippen LogP contribution >= 0.6 is 23.6 Å². The summed E-state index contributed by atoms with van der Waals surface area (Å²) in [5, 5.41) is 19.1. The summed E-state index contributed by atoms with van der Waals surface area (Å²) in [5.74, 6) is 0.604. The molecule has 2 saturated heterocycles. The van der Waals surface area contributed by atoms with Gasteiger partial charge in [-0.2, -0.15) is 18.4 Å². The first-order chi connectivity index (χ1) is 22.1. The van der Waals surface area contributed by atoms with Crippen molar-refractivity contribution in [2.45, 2.75) is 51.5 Å². The monoisotopic (exact) mass is 669 g/mol. The van der Waals surface area contributed by atoms with Gasteiger partial charge in [0.25, 0.3) is 0 Å². The van der Waals surface area contributed by atoms with Crippen LogP contribution in [-0.2, 0) is 19.5 Å². The van der Waals surface area contributed by atoms with E-state index in [1.807, 2.05) is 13.1 Å². The van der Waals surface area contributed by atoms with Crippen LogP contribution in [0.5, 0.6) is 0 Å². The van der Waals surface area contributed by atoms with Crippen molar-refractivity contribution in [2.75, 3.05) is 58.2 Å². The predicted molar refractivity (Wildman–Crippen MR) is 180 cm³/mol. The molecule has 1 aromatic carbocycles. The predicted octanol–water partition coefficient (Wildman–Crippen LogP) is 5.13. The van der Waals surface area contributed by atoms with Crippen LogP contribution in [0.2, 0.25) is 0 Å². The quantitative estimate of drug-likeness (QED) is 0.248. The second-order valence-electron chi connectivity index (χ2n) is 12.1. The molecule has 0 spiro atoms. The summed E-state index contributed by atoms with van der Waals surface area (Å²) in [6.45, 7) is 10.1. The highest BCUT2D eigenvalue weighted by Crippen LogP contribution is 2.33. The van der Waals surface area contributed by atoms with Gasteiger partial charge in [0, 0.05) is 87.8 Å². The number of hydrogen-bond acceptors (Lipinski definition) is 8. The second kappa shape index (κ2) is 13.7. The van der Waals surface area contributed by atoms with Gasteiger partial charge in [-0.25, -0.2) is 9.97 Å². The maximum atomic E-state index is 12.9. The molecule has 244 valence electrons. The van der Waals surface area contributed by atoms with Gasteiger partial charge in [-0.05, 0) is 61.3 Å². The third kappa shape index (κ3) is 7.22. The fourth-order valence-corrected chi connectivity index (χ4v) is 7.78. The van der Waals surface area contributed by atoms with Crippen LogP contribution in [0.3, 0.4) is 0 Å². The normalized spacial score (nSPS) is 17.1. The molecule has 2 aliphatic rings. The number of fused-ring (bicyclic) bond motifs is 2. The summed E-state index contributed by atoms with van der Waals surface area (Å²) in [6, 6.07) is 10.5. The fraction of sp³-hybridized carbons (Fsp3) is 0.500. The van der Waals surface area contributed by atoms with Gasteiger partial charge < -0.3 is 20.1 Å². The Morgan fingerprint density at radius 3 is 2.50 bits per heavy atom. The van der Waals surface area contributed by atoms with Crippen molar-refractivity contribution >= 4 is 55.6 Å². The fourth-order valence-electron chi connectivity index (χ4n) is 6.58. The van der Waals surface area contributed by atoms with Crippen molar-refractivity contribution in [2.24, 2.45) is 0 Å². The van der Waals surface area contributed by atoms with Crippen molar-refractivity contribution in [3.8, 4) is 6.07 Å². The topological polar surface area (TPSA) is 88.3 Å². The van der Waals surface area contributed by atoms with Crippen molar-refractivity contribution in [3.05, 3.63) is 52.3 Å². The molecule has 4 aromatic rings. The number of aromatic nitrogens is 3. The number of piperidine rings is 1. The average Bonchev–Trinajstić information content (AvgIpc) is 3.62. The number of nitrogens with zero attached hydrogens (tertiary/aromatic N) is 7. The Morgan fingerprint density at radius 2 is 1.80 bits per heavy atom. The molecule has 0 unspecified atom stereocenters. The number of alkyl halides is 3. The maximum absolute atomic E-state index is 12.9. The van der Waals surface area contributed by atoms with Crippen LogP contribution in [0.1, 0.15) is 34.5 Å². The zero-order chi connectivity index (χ0) is 32.4. The lowest BCUT2D eigenvalue weighted by Crippen LogP contribution is -2.51. The molecule has 14 heteroatoms. The van der Waals surface area contributed by atoms with E-state index in [1.165, 1.54) is 17.5 Å². The van der Waals surface area contributed by atoms with Crippen LogP contribution < -0.4 is 10.6 Å². The molecule has 0 atom stereocenters. The van der Waals surface area contributed by atoms with E-state index in [0.717, 1.165) is 99.1 Å². The zero-order valence-electron chi connectivity index (χ0n) is 26.0. The van der Waals surface area contributed by atoms with Crippen LogP contribution in [0.15, 0.2) is 30.6 Å². The molecule has 0 bridgehead atoms. The maximum Gasteiger partial charge on any atom is 0.393 e. The molecule has 5 heterocycles. The van der Waals surface area contributed by atoms with Crippen molar-refractivity contribution in [1.82, 2.24) is 34.6 Å². The summed E-state index contributed by atoms with van der Waals surface area (Å²) in [6.07, 6.45) is -1.99. The Labute approximate surface area is 276 Å².